The van der Waals surface area contributed by atoms with Crippen molar-refractivity contribution in [3.8, 4) is 23.1 Å². The van der Waals surface area contributed by atoms with Gasteiger partial charge in [0.1, 0.15) is 36.4 Å². The van der Waals surface area contributed by atoms with Crippen LogP contribution in [0.5, 0.6) is 23.1 Å². The van der Waals surface area contributed by atoms with Crippen LogP contribution in [-0.2, 0) is 6.61 Å². The summed E-state index contributed by atoms with van der Waals surface area (Å²) in [6.45, 7) is 6.58. The zero-order chi connectivity index (χ0) is 34.5. The van der Waals surface area contributed by atoms with Crippen molar-refractivity contribution in [2.24, 2.45) is 0 Å². The number of likely N-dealkylation sites (tertiary alicyclic amines) is 1. The van der Waals surface area contributed by atoms with Crippen molar-refractivity contribution in [2.45, 2.75) is 51.9 Å². The van der Waals surface area contributed by atoms with E-state index >= 15 is 4.39 Å². The van der Waals surface area contributed by atoms with Gasteiger partial charge in [-0.15, -0.1) is 5.10 Å². The van der Waals surface area contributed by atoms with Gasteiger partial charge in [0, 0.05) is 61.3 Å². The fraction of sp³-hybridized carbons (Fsp3) is 0.286. The Morgan fingerprint density at radius 1 is 1.00 bits per heavy atom. The molecule has 1 aliphatic heterocycles. The fourth-order valence-corrected chi connectivity index (χ4v) is 5.21. The Morgan fingerprint density at radius 2 is 1.78 bits per heavy atom. The maximum atomic E-state index is 15.4. The highest BCUT2D eigenvalue weighted by molar-refractivity contribution is 5.93. The molecule has 0 spiro atoms. The normalized spacial score (nSPS) is 13.6. The third-order valence-corrected chi connectivity index (χ3v) is 7.61. The number of carbonyl (C=O) groups is 2. The summed E-state index contributed by atoms with van der Waals surface area (Å²) in [7, 11) is 0. The number of nitrogens with one attached hydrogen (secondary N) is 2. The molecule has 2 aromatic heterocycles. The van der Waals surface area contributed by atoms with Gasteiger partial charge in [-0.3, -0.25) is 0 Å². The lowest BCUT2D eigenvalue weighted by Gasteiger charge is -2.30. The quantitative estimate of drug-likeness (QED) is 0.150. The van der Waals surface area contributed by atoms with E-state index in [1.54, 1.807) is 18.2 Å². The molecule has 49 heavy (non-hydrogen) atoms. The molecule has 3 heterocycles. The van der Waals surface area contributed by atoms with E-state index in [4.69, 9.17) is 14.2 Å². The molecule has 1 saturated heterocycles. The molecule has 0 atom stereocenters. The van der Waals surface area contributed by atoms with Crippen LogP contribution in [0.25, 0.3) is 10.9 Å². The molecule has 0 aliphatic carbocycles. The van der Waals surface area contributed by atoms with E-state index in [0.717, 1.165) is 10.2 Å². The highest BCUT2D eigenvalue weighted by Gasteiger charge is 2.25. The molecule has 0 bridgehead atoms. The maximum Gasteiger partial charge on any atom is 0.407 e. The number of amides is 2. The molecule has 0 saturated carbocycles. The smallest absolute Gasteiger partial charge is 0.407 e. The zero-order valence-electron chi connectivity index (χ0n) is 27.2. The number of carbonyl (C=O) groups excluding carboxylic acids is 1. The second-order valence-electron chi connectivity index (χ2n) is 12.5. The lowest BCUT2D eigenvalue weighted by molar-refractivity contribution is 0.0871. The van der Waals surface area contributed by atoms with Crippen molar-refractivity contribution in [3.63, 3.8) is 0 Å². The molecule has 254 valence electrons. The lowest BCUT2D eigenvalue weighted by atomic mass is 10.1. The van der Waals surface area contributed by atoms with Crippen molar-refractivity contribution >= 4 is 34.5 Å². The number of fused-ring (bicyclic) bond motifs is 1. The Hall–Kier alpha value is -5.92. The molecule has 1 fully saturated rings. The summed E-state index contributed by atoms with van der Waals surface area (Å²) in [5.74, 6) is 0.932. The average molecular weight is 670 g/mol. The molecule has 0 unspecified atom stereocenters. The lowest BCUT2D eigenvalue weighted by Crippen LogP contribution is -2.43. The van der Waals surface area contributed by atoms with Gasteiger partial charge in [0.25, 0.3) is 0 Å². The number of halogens is 1. The molecule has 14 heteroatoms. The Morgan fingerprint density at radius 3 is 2.49 bits per heavy atom. The summed E-state index contributed by atoms with van der Waals surface area (Å²) in [6, 6.07) is 18.6. The minimum absolute atomic E-state index is 0.123. The van der Waals surface area contributed by atoms with Gasteiger partial charge in [0.05, 0.1) is 11.2 Å². The number of aromatic nitrogens is 4. The van der Waals surface area contributed by atoms with Gasteiger partial charge in [0.2, 0.25) is 5.88 Å². The number of anilines is 2. The van der Waals surface area contributed by atoms with E-state index in [-0.39, 0.29) is 23.4 Å². The Balaban J connectivity index is 1.22. The van der Waals surface area contributed by atoms with Gasteiger partial charge >= 0.3 is 12.1 Å². The summed E-state index contributed by atoms with van der Waals surface area (Å²) in [5, 5.41) is 19.9. The fourth-order valence-electron chi connectivity index (χ4n) is 5.21. The standard InChI is InChI=1S/C35H36FN7O6/c1-35(2,3)40-33(44)43-16-13-31(41-43)49-24-9-10-27(26(36)17-24)39-32-25-18-30(48-23-11-14-42(15-12-23)34(45)46)29(19-28(25)37-21-38-32)47-20-22-7-5-4-6-8-22/h4-10,13,16-19,21,23H,11-12,14-15,20H2,1-3H3,(H,40,44)(H,45,46)(H,37,38,39). The van der Waals surface area contributed by atoms with E-state index < -0.39 is 23.5 Å². The molecular formula is C35H36FN7O6. The summed E-state index contributed by atoms with van der Waals surface area (Å²) in [4.78, 5) is 34.0. The topological polar surface area (TPSA) is 153 Å². The van der Waals surface area contributed by atoms with Crippen molar-refractivity contribution < 1.29 is 33.3 Å². The first-order valence-corrected chi connectivity index (χ1v) is 15.7. The van der Waals surface area contributed by atoms with Crippen LogP contribution in [0.15, 0.2) is 79.3 Å². The van der Waals surface area contributed by atoms with Crippen LogP contribution < -0.4 is 24.8 Å². The van der Waals surface area contributed by atoms with Gasteiger partial charge in [-0.1, -0.05) is 30.3 Å². The second kappa shape index (κ2) is 14.1. The van der Waals surface area contributed by atoms with Crippen molar-refractivity contribution in [3.05, 3.63) is 90.6 Å². The Labute approximate surface area is 281 Å². The third kappa shape index (κ3) is 8.33. The highest BCUT2D eigenvalue weighted by atomic mass is 19.1. The van der Waals surface area contributed by atoms with Crippen LogP contribution in [0.3, 0.4) is 0 Å². The highest BCUT2D eigenvalue weighted by Crippen LogP contribution is 2.37. The van der Waals surface area contributed by atoms with E-state index in [1.165, 1.54) is 35.6 Å². The van der Waals surface area contributed by atoms with E-state index in [2.05, 4.69) is 25.7 Å². The predicted octanol–water partition coefficient (Wildman–Crippen LogP) is 6.96. The predicted molar refractivity (Wildman–Crippen MR) is 179 cm³/mol. The van der Waals surface area contributed by atoms with E-state index in [9.17, 15) is 14.7 Å². The number of piperidine rings is 1. The first kappa shape index (κ1) is 33.0. The monoisotopic (exact) mass is 669 g/mol. The number of carboxylic acid groups (broad SMARTS) is 1. The summed E-state index contributed by atoms with van der Waals surface area (Å²) in [5.41, 5.74) is 1.20. The molecule has 5 aromatic rings. The molecule has 2 amide bonds. The Kier molecular flexibility index (Phi) is 9.47. The van der Waals surface area contributed by atoms with Crippen LogP contribution in [-0.4, -0.2) is 66.6 Å². The number of hydrogen-bond acceptors (Lipinski definition) is 9. The largest absolute Gasteiger partial charge is 0.486 e. The molecular weight excluding hydrogens is 633 g/mol. The summed E-state index contributed by atoms with van der Waals surface area (Å²) in [6.07, 6.45) is 2.67. The molecule has 13 nitrogen and oxygen atoms in total. The molecule has 1 aliphatic rings. The maximum absolute atomic E-state index is 15.4. The third-order valence-electron chi connectivity index (χ3n) is 7.61. The second-order valence-corrected chi connectivity index (χ2v) is 12.5. The average Bonchev–Trinajstić information content (AvgIpc) is 3.54. The van der Waals surface area contributed by atoms with Gasteiger partial charge in [-0.25, -0.2) is 23.9 Å². The number of benzene rings is 3. The van der Waals surface area contributed by atoms with Crippen LogP contribution >= 0.6 is 0 Å². The van der Waals surface area contributed by atoms with Crippen LogP contribution in [0.4, 0.5) is 25.5 Å². The zero-order valence-corrected chi connectivity index (χ0v) is 27.2. The minimum atomic E-state index is -0.952. The van der Waals surface area contributed by atoms with Crippen LogP contribution in [0.2, 0.25) is 0 Å². The minimum Gasteiger partial charge on any atom is -0.486 e. The van der Waals surface area contributed by atoms with Crippen molar-refractivity contribution in [1.29, 1.82) is 0 Å². The van der Waals surface area contributed by atoms with Crippen molar-refractivity contribution in [2.75, 3.05) is 18.4 Å². The summed E-state index contributed by atoms with van der Waals surface area (Å²) < 4.78 is 34.8. The number of nitrogens with zero attached hydrogens (tertiary/aromatic N) is 5. The SMILES string of the molecule is CC(C)(C)NC(=O)n1ccc(Oc2ccc(Nc3ncnc4cc(OCc5ccccc5)c(OC5CCN(C(=O)O)CC5)cc34)c(F)c2)n1. The van der Waals surface area contributed by atoms with Gasteiger partial charge in [-0.2, -0.15) is 4.68 Å². The molecule has 3 aromatic carbocycles. The van der Waals surface area contributed by atoms with Crippen molar-refractivity contribution in [1.82, 2.24) is 30.0 Å². The van der Waals surface area contributed by atoms with E-state index in [1.807, 2.05) is 51.1 Å². The number of ether oxygens (including phenoxy) is 3. The first-order chi connectivity index (χ1) is 23.5. The Bertz CT molecular complexity index is 1960. The molecule has 0 radical (unpaired) electrons. The number of hydrogen-bond donors (Lipinski definition) is 3. The molecule has 3 N–H and O–H groups in total. The van der Waals surface area contributed by atoms with Gasteiger partial charge < -0.3 is 34.9 Å². The van der Waals surface area contributed by atoms with Crippen LogP contribution in [0.1, 0.15) is 39.2 Å². The van der Waals surface area contributed by atoms with Crippen LogP contribution in [0, 0.1) is 5.82 Å². The van der Waals surface area contributed by atoms with Gasteiger partial charge in [-0.05, 0) is 44.5 Å². The van der Waals surface area contributed by atoms with Gasteiger partial charge in [0.15, 0.2) is 11.5 Å². The summed E-state index contributed by atoms with van der Waals surface area (Å²) >= 11 is 0. The first-order valence-electron chi connectivity index (χ1n) is 15.7. The molecule has 6 rings (SSSR count). The number of rotatable bonds is 9. The van der Waals surface area contributed by atoms with E-state index in [0.29, 0.717) is 60.8 Å².